The molecule has 1 aliphatic heterocycles. The van der Waals surface area contributed by atoms with Crippen molar-refractivity contribution in [2.24, 2.45) is 0 Å². The molecule has 1 fully saturated rings. The maximum absolute atomic E-state index is 12.3. The molecule has 0 radical (unpaired) electrons. The van der Waals surface area contributed by atoms with Crippen molar-refractivity contribution in [2.75, 3.05) is 26.2 Å². The Balaban J connectivity index is 1.90. The monoisotopic (exact) mass is 266 g/mol. The summed E-state index contributed by atoms with van der Waals surface area (Å²) < 4.78 is 5.34. The number of aromatic nitrogens is 1. The molecule has 0 aliphatic carbocycles. The van der Waals surface area contributed by atoms with Crippen LogP contribution in [0.25, 0.3) is 0 Å². The van der Waals surface area contributed by atoms with E-state index in [1.54, 1.807) is 6.20 Å². The molecule has 0 saturated carbocycles. The lowest BCUT2D eigenvalue weighted by Gasteiger charge is -2.39. The topological polar surface area (TPSA) is 70.4 Å². The molecule has 19 heavy (non-hydrogen) atoms. The molecule has 2 heterocycles. The average Bonchev–Trinajstić information content (AvgIpc) is 2.82. The Morgan fingerprint density at radius 1 is 1.53 bits per heavy atom. The lowest BCUT2D eigenvalue weighted by atomic mass is 10.0. The van der Waals surface area contributed by atoms with Crippen molar-refractivity contribution in [3.63, 3.8) is 0 Å². The number of carbonyl (C=O) groups is 1. The summed E-state index contributed by atoms with van der Waals surface area (Å²) in [7, 11) is 0. The van der Waals surface area contributed by atoms with Crippen molar-refractivity contribution in [1.82, 2.24) is 20.5 Å². The van der Waals surface area contributed by atoms with E-state index in [9.17, 15) is 4.79 Å². The van der Waals surface area contributed by atoms with E-state index in [1.807, 2.05) is 20.8 Å². The number of hydrogen-bond acceptors (Lipinski definition) is 5. The number of hydrogen-bond donors (Lipinski definition) is 2. The molecule has 1 amide bonds. The van der Waals surface area contributed by atoms with Gasteiger partial charge in [0.15, 0.2) is 0 Å². The van der Waals surface area contributed by atoms with E-state index in [1.165, 1.54) is 0 Å². The molecular formula is C13H22N4O2. The van der Waals surface area contributed by atoms with Crippen LogP contribution in [-0.2, 0) is 11.3 Å². The third-order valence-electron chi connectivity index (χ3n) is 3.53. The van der Waals surface area contributed by atoms with Gasteiger partial charge in [-0.1, -0.05) is 0 Å². The highest BCUT2D eigenvalue weighted by Crippen LogP contribution is 2.15. The summed E-state index contributed by atoms with van der Waals surface area (Å²) in [5.41, 5.74) is -0.510. The van der Waals surface area contributed by atoms with Gasteiger partial charge in [-0.3, -0.25) is 9.69 Å². The predicted octanol–water partition coefficient (Wildman–Crippen LogP) is 0.283. The van der Waals surface area contributed by atoms with Crippen molar-refractivity contribution >= 4 is 5.91 Å². The quantitative estimate of drug-likeness (QED) is 0.819. The third kappa shape index (κ3) is 3.33. The fourth-order valence-electron chi connectivity index (χ4n) is 2.22. The first kappa shape index (κ1) is 14.0. The number of amides is 1. The zero-order valence-electron chi connectivity index (χ0n) is 11.8. The van der Waals surface area contributed by atoms with E-state index in [2.05, 4.69) is 20.5 Å². The minimum absolute atomic E-state index is 0.00486. The molecule has 0 spiro atoms. The molecule has 1 aliphatic rings. The number of aryl methyl sites for hydroxylation is 1. The van der Waals surface area contributed by atoms with Gasteiger partial charge in [-0.25, -0.2) is 4.98 Å². The van der Waals surface area contributed by atoms with Crippen molar-refractivity contribution in [1.29, 1.82) is 0 Å². The Morgan fingerprint density at radius 2 is 2.21 bits per heavy atom. The molecule has 2 rings (SSSR count). The minimum Gasteiger partial charge on any atom is -0.444 e. The summed E-state index contributed by atoms with van der Waals surface area (Å²) in [6, 6.07) is 0. The number of carbonyl (C=O) groups excluding carboxylic acids is 1. The van der Waals surface area contributed by atoms with Gasteiger partial charge in [0, 0.05) is 26.2 Å². The number of nitrogens with one attached hydrogen (secondary N) is 2. The molecule has 2 N–H and O–H groups in total. The second kappa shape index (κ2) is 5.71. The van der Waals surface area contributed by atoms with Gasteiger partial charge in [0.2, 0.25) is 11.8 Å². The van der Waals surface area contributed by atoms with Crippen LogP contribution in [0.1, 0.15) is 25.5 Å². The van der Waals surface area contributed by atoms with Gasteiger partial charge in [-0.05, 0) is 20.8 Å². The SMILES string of the molecule is Cc1cnc(CNC(=O)C(C)(C)N2CCNCC2)o1. The molecule has 1 aromatic rings. The van der Waals surface area contributed by atoms with Crippen molar-refractivity contribution in [3.8, 4) is 0 Å². The van der Waals surface area contributed by atoms with Gasteiger partial charge in [0.05, 0.1) is 18.3 Å². The molecule has 6 nitrogen and oxygen atoms in total. The summed E-state index contributed by atoms with van der Waals surface area (Å²) in [4.78, 5) is 18.6. The molecule has 1 aromatic heterocycles. The Bertz CT molecular complexity index is 436. The summed E-state index contributed by atoms with van der Waals surface area (Å²) in [6.45, 7) is 9.70. The molecule has 0 bridgehead atoms. The largest absolute Gasteiger partial charge is 0.444 e. The average molecular weight is 266 g/mol. The predicted molar refractivity (Wildman–Crippen MR) is 71.6 cm³/mol. The van der Waals surface area contributed by atoms with Crippen LogP contribution in [0.4, 0.5) is 0 Å². The summed E-state index contributed by atoms with van der Waals surface area (Å²) >= 11 is 0. The van der Waals surface area contributed by atoms with E-state index >= 15 is 0 Å². The lowest BCUT2D eigenvalue weighted by molar-refractivity contribution is -0.132. The fraction of sp³-hybridized carbons (Fsp3) is 0.692. The molecule has 6 heteroatoms. The van der Waals surface area contributed by atoms with Crippen molar-refractivity contribution < 1.29 is 9.21 Å². The fourth-order valence-corrected chi connectivity index (χ4v) is 2.22. The van der Waals surface area contributed by atoms with Gasteiger partial charge in [-0.2, -0.15) is 0 Å². The second-order valence-electron chi connectivity index (χ2n) is 5.34. The first-order valence-corrected chi connectivity index (χ1v) is 6.65. The maximum atomic E-state index is 12.3. The van der Waals surface area contributed by atoms with Gasteiger partial charge < -0.3 is 15.1 Å². The number of piperazine rings is 1. The standard InChI is InChI=1S/C13H22N4O2/c1-10-8-15-11(19-10)9-16-12(18)13(2,3)17-6-4-14-5-7-17/h8,14H,4-7,9H2,1-3H3,(H,16,18). The van der Waals surface area contributed by atoms with Crippen molar-refractivity contribution in [3.05, 3.63) is 17.8 Å². The van der Waals surface area contributed by atoms with Crippen LogP contribution >= 0.6 is 0 Å². The molecule has 0 unspecified atom stereocenters. The first-order valence-electron chi connectivity index (χ1n) is 6.65. The minimum atomic E-state index is -0.510. The maximum Gasteiger partial charge on any atom is 0.240 e. The van der Waals surface area contributed by atoms with Gasteiger partial charge >= 0.3 is 0 Å². The zero-order valence-corrected chi connectivity index (χ0v) is 11.8. The van der Waals surface area contributed by atoms with Gasteiger partial charge in [0.1, 0.15) is 5.76 Å². The Morgan fingerprint density at radius 3 is 2.79 bits per heavy atom. The number of rotatable bonds is 4. The molecule has 0 atom stereocenters. The number of nitrogens with zero attached hydrogens (tertiary/aromatic N) is 2. The van der Waals surface area contributed by atoms with Crippen LogP contribution in [0.5, 0.6) is 0 Å². The summed E-state index contributed by atoms with van der Waals surface area (Å²) in [5, 5.41) is 6.18. The van der Waals surface area contributed by atoms with Crippen LogP contribution in [0.2, 0.25) is 0 Å². The Hall–Kier alpha value is -1.40. The van der Waals surface area contributed by atoms with Gasteiger partial charge in [-0.15, -0.1) is 0 Å². The Kier molecular flexibility index (Phi) is 4.21. The van der Waals surface area contributed by atoms with E-state index in [0.29, 0.717) is 12.4 Å². The zero-order chi connectivity index (χ0) is 13.9. The highest BCUT2D eigenvalue weighted by atomic mass is 16.4. The second-order valence-corrected chi connectivity index (χ2v) is 5.34. The molecule has 0 aromatic carbocycles. The third-order valence-corrected chi connectivity index (χ3v) is 3.53. The number of oxazole rings is 1. The van der Waals surface area contributed by atoms with Gasteiger partial charge in [0.25, 0.3) is 0 Å². The lowest BCUT2D eigenvalue weighted by Crippen LogP contribution is -2.59. The molecular weight excluding hydrogens is 244 g/mol. The normalized spacial score (nSPS) is 17.4. The Labute approximate surface area is 113 Å². The van der Waals surface area contributed by atoms with Crippen LogP contribution in [0.3, 0.4) is 0 Å². The van der Waals surface area contributed by atoms with Crippen LogP contribution in [-0.4, -0.2) is 47.5 Å². The summed E-state index contributed by atoms with van der Waals surface area (Å²) in [5.74, 6) is 1.30. The van der Waals surface area contributed by atoms with Crippen LogP contribution in [0, 0.1) is 6.92 Å². The van der Waals surface area contributed by atoms with Crippen LogP contribution < -0.4 is 10.6 Å². The smallest absolute Gasteiger partial charge is 0.240 e. The van der Waals surface area contributed by atoms with E-state index < -0.39 is 5.54 Å². The molecule has 106 valence electrons. The molecule has 1 saturated heterocycles. The van der Waals surface area contributed by atoms with E-state index in [0.717, 1.165) is 31.9 Å². The van der Waals surface area contributed by atoms with Crippen LogP contribution in [0.15, 0.2) is 10.6 Å². The van der Waals surface area contributed by atoms with E-state index in [4.69, 9.17) is 4.42 Å². The van der Waals surface area contributed by atoms with Crippen molar-refractivity contribution in [2.45, 2.75) is 32.9 Å². The highest BCUT2D eigenvalue weighted by molar-refractivity contribution is 5.85. The van der Waals surface area contributed by atoms with E-state index in [-0.39, 0.29) is 5.91 Å². The highest BCUT2D eigenvalue weighted by Gasteiger charge is 2.34. The first-order chi connectivity index (χ1) is 9.00. The summed E-state index contributed by atoms with van der Waals surface area (Å²) in [6.07, 6.45) is 1.66.